The van der Waals surface area contributed by atoms with Crippen LogP contribution in [-0.2, 0) is 22.6 Å². The fourth-order valence-corrected chi connectivity index (χ4v) is 4.57. The van der Waals surface area contributed by atoms with E-state index in [1.54, 1.807) is 17.0 Å². The molecule has 0 amide bonds. The zero-order valence-electron chi connectivity index (χ0n) is 19.6. The third-order valence-corrected chi connectivity index (χ3v) is 6.18. The maximum absolute atomic E-state index is 13.4. The minimum atomic E-state index is -0.508. The second kappa shape index (κ2) is 8.58. The number of hydrogen-bond donors (Lipinski definition) is 0. The molecular formula is C25H28ClN5O3. The van der Waals surface area contributed by atoms with Gasteiger partial charge in [-0.1, -0.05) is 11.6 Å². The predicted molar refractivity (Wildman–Crippen MR) is 131 cm³/mol. The lowest BCUT2D eigenvalue weighted by atomic mass is 10.2. The van der Waals surface area contributed by atoms with Gasteiger partial charge in [-0.2, -0.15) is 0 Å². The minimum absolute atomic E-state index is 0.0455. The lowest BCUT2D eigenvalue weighted by Gasteiger charge is -2.19. The van der Waals surface area contributed by atoms with Crippen LogP contribution in [0.15, 0.2) is 41.5 Å². The zero-order chi connectivity index (χ0) is 24.0. The molecule has 3 heterocycles. The number of ether oxygens (including phenoxy) is 1. The molecule has 9 heteroatoms. The number of hydrogen-bond acceptors (Lipinski definition) is 5. The molecular weight excluding hydrogens is 454 g/mol. The van der Waals surface area contributed by atoms with Gasteiger partial charge in [-0.25, -0.2) is 9.78 Å². The number of rotatable bonds is 7. The normalized spacial score (nSPS) is 14.2. The van der Waals surface area contributed by atoms with Crippen molar-refractivity contribution in [2.45, 2.75) is 71.2 Å². The number of pyridine rings is 1. The molecule has 0 bridgehead atoms. The number of nitrogens with zero attached hydrogens (tertiary/aromatic N) is 5. The van der Waals surface area contributed by atoms with E-state index < -0.39 is 5.60 Å². The smallest absolute Gasteiger partial charge is 0.329 e. The summed E-state index contributed by atoms with van der Waals surface area (Å²) in [5.41, 5.74) is 2.82. The molecule has 0 atom stereocenters. The van der Waals surface area contributed by atoms with Gasteiger partial charge in [0, 0.05) is 30.2 Å². The molecule has 0 unspecified atom stereocenters. The lowest BCUT2D eigenvalue weighted by Crippen LogP contribution is -2.25. The van der Waals surface area contributed by atoms with Crippen LogP contribution in [0.4, 0.5) is 0 Å². The van der Waals surface area contributed by atoms with Gasteiger partial charge in [0.15, 0.2) is 0 Å². The Hall–Kier alpha value is -3.13. The van der Waals surface area contributed by atoms with E-state index in [2.05, 4.69) is 9.55 Å². The molecule has 4 aromatic rings. The summed E-state index contributed by atoms with van der Waals surface area (Å²) in [5, 5.41) is 0.601. The van der Waals surface area contributed by atoms with Crippen molar-refractivity contribution in [1.29, 1.82) is 0 Å². The fourth-order valence-electron chi connectivity index (χ4n) is 4.40. The van der Waals surface area contributed by atoms with Crippen molar-refractivity contribution in [3.63, 3.8) is 0 Å². The Morgan fingerprint density at radius 2 is 1.94 bits per heavy atom. The molecule has 1 aromatic carbocycles. The third-order valence-electron chi connectivity index (χ3n) is 5.95. The molecule has 0 saturated heterocycles. The highest BCUT2D eigenvalue weighted by Gasteiger charge is 2.29. The van der Waals surface area contributed by atoms with Crippen LogP contribution in [0.1, 0.15) is 58.3 Å². The Morgan fingerprint density at radius 3 is 2.68 bits per heavy atom. The summed E-state index contributed by atoms with van der Waals surface area (Å²) >= 11 is 6.22. The molecule has 3 aromatic heterocycles. The first kappa shape index (κ1) is 22.7. The third kappa shape index (κ3) is 4.46. The van der Waals surface area contributed by atoms with Crippen molar-refractivity contribution in [3.05, 3.63) is 58.0 Å². The van der Waals surface area contributed by atoms with E-state index >= 15 is 0 Å². The van der Waals surface area contributed by atoms with Gasteiger partial charge in [-0.15, -0.1) is 0 Å². The first-order valence-electron chi connectivity index (χ1n) is 11.6. The van der Waals surface area contributed by atoms with E-state index in [1.165, 1.54) is 0 Å². The van der Waals surface area contributed by atoms with Gasteiger partial charge < -0.3 is 9.30 Å². The summed E-state index contributed by atoms with van der Waals surface area (Å²) in [7, 11) is 0. The topological polar surface area (TPSA) is 83.9 Å². The number of benzene rings is 1. The van der Waals surface area contributed by atoms with Crippen LogP contribution in [0.2, 0.25) is 5.02 Å². The van der Waals surface area contributed by atoms with Crippen LogP contribution in [-0.4, -0.2) is 35.2 Å². The van der Waals surface area contributed by atoms with Crippen molar-refractivity contribution >= 4 is 39.6 Å². The molecule has 34 heavy (non-hydrogen) atoms. The second-order valence-corrected chi connectivity index (χ2v) is 10.3. The largest absolute Gasteiger partial charge is 0.460 e. The van der Waals surface area contributed by atoms with E-state index in [0.717, 1.165) is 40.7 Å². The van der Waals surface area contributed by atoms with Crippen LogP contribution >= 0.6 is 11.6 Å². The van der Waals surface area contributed by atoms with Crippen molar-refractivity contribution in [2.24, 2.45) is 0 Å². The van der Waals surface area contributed by atoms with Gasteiger partial charge in [0.2, 0.25) is 0 Å². The SMILES string of the molecule is CC(C)(C)OC(=O)CCCn1c(Cn2c(=O)n(C3CC3)c3ccncc32)nc2cc(Cl)ccc21. The predicted octanol–water partition coefficient (Wildman–Crippen LogP) is 4.71. The summed E-state index contributed by atoms with van der Waals surface area (Å²) in [4.78, 5) is 34.7. The number of aromatic nitrogens is 5. The first-order chi connectivity index (χ1) is 16.2. The van der Waals surface area contributed by atoms with Crippen LogP contribution in [0.3, 0.4) is 0 Å². The van der Waals surface area contributed by atoms with Crippen molar-refractivity contribution < 1.29 is 9.53 Å². The molecule has 0 aliphatic heterocycles. The van der Waals surface area contributed by atoms with E-state index in [0.29, 0.717) is 31.0 Å². The number of carbonyl (C=O) groups is 1. The Bertz CT molecular complexity index is 1440. The molecule has 8 nitrogen and oxygen atoms in total. The van der Waals surface area contributed by atoms with E-state index in [4.69, 9.17) is 21.3 Å². The van der Waals surface area contributed by atoms with Gasteiger partial charge in [-0.05, 0) is 64.3 Å². The lowest BCUT2D eigenvalue weighted by molar-refractivity contribution is -0.154. The van der Waals surface area contributed by atoms with Crippen LogP contribution in [0.25, 0.3) is 22.1 Å². The molecule has 1 aliphatic rings. The van der Waals surface area contributed by atoms with Gasteiger partial charge in [0.1, 0.15) is 11.4 Å². The quantitative estimate of drug-likeness (QED) is 0.357. The molecule has 178 valence electrons. The second-order valence-electron chi connectivity index (χ2n) is 9.84. The van der Waals surface area contributed by atoms with Crippen LogP contribution in [0, 0.1) is 0 Å². The summed E-state index contributed by atoms with van der Waals surface area (Å²) in [6, 6.07) is 7.73. The number of halogens is 1. The summed E-state index contributed by atoms with van der Waals surface area (Å²) in [5.74, 6) is 0.513. The van der Waals surface area contributed by atoms with Gasteiger partial charge >= 0.3 is 11.7 Å². The Kier molecular flexibility index (Phi) is 5.72. The first-order valence-corrected chi connectivity index (χ1v) is 12.0. The molecule has 0 spiro atoms. The Balaban J connectivity index is 1.49. The number of esters is 1. The van der Waals surface area contributed by atoms with Crippen molar-refractivity contribution in [2.75, 3.05) is 0 Å². The van der Waals surface area contributed by atoms with Crippen molar-refractivity contribution in [1.82, 2.24) is 23.7 Å². The summed E-state index contributed by atoms with van der Waals surface area (Å²) in [6.45, 7) is 6.46. The van der Waals surface area contributed by atoms with Crippen molar-refractivity contribution in [3.8, 4) is 0 Å². The highest BCUT2D eigenvalue weighted by molar-refractivity contribution is 6.31. The zero-order valence-corrected chi connectivity index (χ0v) is 20.4. The number of carbonyl (C=O) groups excluding carboxylic acids is 1. The maximum Gasteiger partial charge on any atom is 0.329 e. The molecule has 1 fully saturated rings. The van der Waals surface area contributed by atoms with E-state index in [1.807, 2.05) is 49.6 Å². The highest BCUT2D eigenvalue weighted by Crippen LogP contribution is 2.36. The Morgan fingerprint density at radius 1 is 1.15 bits per heavy atom. The highest BCUT2D eigenvalue weighted by atomic mass is 35.5. The summed E-state index contributed by atoms with van der Waals surface area (Å²) in [6.07, 6.45) is 6.39. The Labute approximate surface area is 202 Å². The van der Waals surface area contributed by atoms with Crippen LogP contribution < -0.4 is 5.69 Å². The number of imidazole rings is 2. The van der Waals surface area contributed by atoms with E-state index in [-0.39, 0.29) is 17.7 Å². The summed E-state index contributed by atoms with van der Waals surface area (Å²) < 4.78 is 11.1. The number of fused-ring (bicyclic) bond motifs is 2. The standard InChI is InChI=1S/C25H28ClN5O3/c1-25(2,3)34-23(32)5-4-12-29-19-9-6-16(26)13-18(19)28-22(29)15-30-21-14-27-11-10-20(21)31(24(30)33)17-7-8-17/h6,9-11,13-14,17H,4-5,7-8,12,15H2,1-3H3. The van der Waals surface area contributed by atoms with Gasteiger partial charge in [0.05, 0.1) is 34.8 Å². The molecule has 1 aliphatic carbocycles. The van der Waals surface area contributed by atoms with Crippen LogP contribution in [0.5, 0.6) is 0 Å². The molecule has 1 saturated carbocycles. The van der Waals surface area contributed by atoms with Gasteiger partial charge in [0.25, 0.3) is 0 Å². The fraction of sp³-hybridized carbons (Fsp3) is 0.440. The maximum atomic E-state index is 13.4. The van der Waals surface area contributed by atoms with E-state index in [9.17, 15) is 9.59 Å². The monoisotopic (exact) mass is 481 g/mol. The molecule has 0 radical (unpaired) electrons. The average molecular weight is 482 g/mol. The number of aryl methyl sites for hydroxylation is 1. The molecule has 5 rings (SSSR count). The van der Waals surface area contributed by atoms with Gasteiger partial charge in [-0.3, -0.25) is 18.9 Å². The average Bonchev–Trinajstić information content (AvgIpc) is 3.48. The molecule has 0 N–H and O–H groups in total. The minimum Gasteiger partial charge on any atom is -0.460 e.